The SMILES string of the molecule is Cc1ccc(C(=O)c2ccccc2)c(NC(=S)Nc2ccccc2)c1. The second-order valence-corrected chi connectivity index (χ2v) is 6.10. The Labute approximate surface area is 152 Å². The number of ketones is 1. The third-order valence-electron chi connectivity index (χ3n) is 3.74. The molecular formula is C21H18N2OS. The molecule has 0 saturated carbocycles. The third-order valence-corrected chi connectivity index (χ3v) is 3.94. The van der Waals surface area contributed by atoms with Gasteiger partial charge in [0.25, 0.3) is 0 Å². The average molecular weight is 346 g/mol. The maximum Gasteiger partial charge on any atom is 0.195 e. The monoisotopic (exact) mass is 346 g/mol. The Balaban J connectivity index is 1.84. The van der Waals surface area contributed by atoms with Gasteiger partial charge >= 0.3 is 0 Å². The van der Waals surface area contributed by atoms with Crippen LogP contribution in [0.4, 0.5) is 11.4 Å². The first-order valence-electron chi connectivity index (χ1n) is 7.97. The van der Waals surface area contributed by atoms with Crippen LogP contribution in [0.25, 0.3) is 0 Å². The number of carbonyl (C=O) groups is 1. The Morgan fingerprint density at radius 1 is 0.840 bits per heavy atom. The van der Waals surface area contributed by atoms with Gasteiger partial charge in [-0.2, -0.15) is 0 Å². The van der Waals surface area contributed by atoms with Gasteiger partial charge in [-0.3, -0.25) is 4.79 Å². The summed E-state index contributed by atoms with van der Waals surface area (Å²) in [5, 5.41) is 6.72. The first-order chi connectivity index (χ1) is 12.1. The summed E-state index contributed by atoms with van der Waals surface area (Å²) in [6, 6.07) is 24.6. The summed E-state index contributed by atoms with van der Waals surface area (Å²) >= 11 is 5.39. The minimum atomic E-state index is -0.0365. The summed E-state index contributed by atoms with van der Waals surface area (Å²) in [7, 11) is 0. The lowest BCUT2D eigenvalue weighted by molar-refractivity contribution is 0.103. The molecule has 3 aromatic rings. The van der Waals surface area contributed by atoms with Crippen LogP contribution in [0.15, 0.2) is 78.9 Å². The van der Waals surface area contributed by atoms with E-state index in [9.17, 15) is 4.79 Å². The highest BCUT2D eigenvalue weighted by molar-refractivity contribution is 7.80. The molecule has 0 unspecified atom stereocenters. The molecule has 0 atom stereocenters. The van der Waals surface area contributed by atoms with Crippen LogP contribution in [-0.2, 0) is 0 Å². The predicted octanol–water partition coefficient (Wildman–Crippen LogP) is 5.03. The summed E-state index contributed by atoms with van der Waals surface area (Å²) in [4.78, 5) is 12.8. The second kappa shape index (κ2) is 7.73. The fraction of sp³-hybridized carbons (Fsp3) is 0.0476. The number of anilines is 2. The second-order valence-electron chi connectivity index (χ2n) is 5.69. The third kappa shape index (κ3) is 4.31. The van der Waals surface area contributed by atoms with Crippen LogP contribution in [0.2, 0.25) is 0 Å². The van der Waals surface area contributed by atoms with Crippen molar-refractivity contribution in [3.8, 4) is 0 Å². The molecule has 4 heteroatoms. The lowest BCUT2D eigenvalue weighted by Gasteiger charge is -2.14. The zero-order valence-corrected chi connectivity index (χ0v) is 14.6. The normalized spacial score (nSPS) is 10.1. The van der Waals surface area contributed by atoms with Gasteiger partial charge < -0.3 is 10.6 Å². The number of thiocarbonyl (C=S) groups is 1. The topological polar surface area (TPSA) is 41.1 Å². The minimum Gasteiger partial charge on any atom is -0.332 e. The van der Waals surface area contributed by atoms with Gasteiger partial charge in [-0.05, 0) is 49.0 Å². The van der Waals surface area contributed by atoms with Gasteiger partial charge in [-0.15, -0.1) is 0 Å². The van der Waals surface area contributed by atoms with Gasteiger partial charge in [-0.1, -0.05) is 54.6 Å². The molecule has 25 heavy (non-hydrogen) atoms. The summed E-state index contributed by atoms with van der Waals surface area (Å²) in [5.41, 5.74) is 3.88. The Morgan fingerprint density at radius 3 is 2.16 bits per heavy atom. The van der Waals surface area contributed by atoms with Crippen molar-refractivity contribution in [3.05, 3.63) is 95.6 Å². The number of rotatable bonds is 4. The van der Waals surface area contributed by atoms with E-state index in [-0.39, 0.29) is 5.78 Å². The zero-order valence-electron chi connectivity index (χ0n) is 13.8. The van der Waals surface area contributed by atoms with Crippen LogP contribution in [0.3, 0.4) is 0 Å². The van der Waals surface area contributed by atoms with Gasteiger partial charge in [0, 0.05) is 16.8 Å². The van der Waals surface area contributed by atoms with E-state index in [0.717, 1.165) is 11.3 Å². The van der Waals surface area contributed by atoms with Crippen LogP contribution in [0.5, 0.6) is 0 Å². The average Bonchev–Trinajstić information content (AvgIpc) is 2.63. The number of hydrogen-bond acceptors (Lipinski definition) is 2. The van der Waals surface area contributed by atoms with E-state index in [1.807, 2.05) is 85.8 Å². The largest absolute Gasteiger partial charge is 0.332 e. The number of nitrogens with one attached hydrogen (secondary N) is 2. The highest BCUT2D eigenvalue weighted by Gasteiger charge is 2.14. The number of carbonyl (C=O) groups excluding carboxylic acids is 1. The summed E-state index contributed by atoms with van der Waals surface area (Å²) in [6.45, 7) is 1.98. The first kappa shape index (κ1) is 16.9. The van der Waals surface area contributed by atoms with Gasteiger partial charge in [0.1, 0.15) is 0 Å². The van der Waals surface area contributed by atoms with Crippen molar-refractivity contribution in [3.63, 3.8) is 0 Å². The van der Waals surface area contributed by atoms with Gasteiger partial charge in [0.2, 0.25) is 0 Å². The van der Waals surface area contributed by atoms with E-state index in [1.165, 1.54) is 0 Å². The van der Waals surface area contributed by atoms with E-state index in [1.54, 1.807) is 0 Å². The van der Waals surface area contributed by atoms with Crippen molar-refractivity contribution in [2.24, 2.45) is 0 Å². The van der Waals surface area contributed by atoms with Crippen molar-refractivity contribution in [1.29, 1.82) is 0 Å². The lowest BCUT2D eigenvalue weighted by atomic mass is 10.0. The fourth-order valence-corrected chi connectivity index (χ4v) is 2.74. The maximum atomic E-state index is 12.8. The van der Waals surface area contributed by atoms with Crippen molar-refractivity contribution in [2.75, 3.05) is 10.6 Å². The molecule has 0 aliphatic heterocycles. The molecule has 0 aliphatic carbocycles. The summed E-state index contributed by atoms with van der Waals surface area (Å²) in [6.07, 6.45) is 0. The number of para-hydroxylation sites is 1. The Bertz CT molecular complexity index is 892. The number of benzene rings is 3. The zero-order chi connectivity index (χ0) is 17.6. The molecule has 0 radical (unpaired) electrons. The number of aryl methyl sites for hydroxylation is 1. The Kier molecular flexibility index (Phi) is 5.21. The lowest BCUT2D eigenvalue weighted by Crippen LogP contribution is -2.21. The van der Waals surface area contributed by atoms with Crippen molar-refractivity contribution >= 4 is 34.5 Å². The first-order valence-corrected chi connectivity index (χ1v) is 8.38. The molecule has 0 amide bonds. The van der Waals surface area contributed by atoms with Gasteiger partial charge in [-0.25, -0.2) is 0 Å². The van der Waals surface area contributed by atoms with Crippen molar-refractivity contribution in [2.45, 2.75) is 6.92 Å². The van der Waals surface area contributed by atoms with Crippen LogP contribution < -0.4 is 10.6 Å². The number of hydrogen-bond donors (Lipinski definition) is 2. The molecule has 3 aromatic carbocycles. The van der Waals surface area contributed by atoms with E-state index in [0.29, 0.717) is 21.9 Å². The van der Waals surface area contributed by atoms with Crippen LogP contribution in [0.1, 0.15) is 21.5 Å². The van der Waals surface area contributed by atoms with Crippen LogP contribution in [-0.4, -0.2) is 10.9 Å². The highest BCUT2D eigenvalue weighted by atomic mass is 32.1. The fourth-order valence-electron chi connectivity index (χ4n) is 2.51. The molecule has 0 heterocycles. The van der Waals surface area contributed by atoms with Crippen LogP contribution in [0, 0.1) is 6.92 Å². The molecule has 0 aromatic heterocycles. The summed E-state index contributed by atoms with van der Waals surface area (Å²) < 4.78 is 0. The maximum absolute atomic E-state index is 12.8. The van der Waals surface area contributed by atoms with E-state index >= 15 is 0 Å². The molecule has 0 bridgehead atoms. The highest BCUT2D eigenvalue weighted by Crippen LogP contribution is 2.21. The van der Waals surface area contributed by atoms with E-state index in [2.05, 4.69) is 10.6 Å². The molecule has 124 valence electrons. The smallest absolute Gasteiger partial charge is 0.195 e. The quantitative estimate of drug-likeness (QED) is 0.513. The molecule has 3 nitrogen and oxygen atoms in total. The van der Waals surface area contributed by atoms with Gasteiger partial charge in [0.15, 0.2) is 10.9 Å². The van der Waals surface area contributed by atoms with E-state index in [4.69, 9.17) is 12.2 Å². The molecule has 0 aliphatic rings. The molecule has 3 rings (SSSR count). The molecule has 2 N–H and O–H groups in total. The molecule has 0 saturated heterocycles. The van der Waals surface area contributed by atoms with Crippen molar-refractivity contribution in [1.82, 2.24) is 0 Å². The Hall–Kier alpha value is -2.98. The Morgan fingerprint density at radius 2 is 1.48 bits per heavy atom. The minimum absolute atomic E-state index is 0.0365. The molecule has 0 spiro atoms. The summed E-state index contributed by atoms with van der Waals surface area (Å²) in [5.74, 6) is -0.0365. The standard InChI is InChI=1S/C21H18N2OS/c1-15-12-13-18(20(24)16-8-4-2-5-9-16)19(14-15)23-21(25)22-17-10-6-3-7-11-17/h2-14H,1H3,(H2,22,23,25). The van der Waals surface area contributed by atoms with Gasteiger partial charge in [0.05, 0.1) is 5.69 Å². The molecular weight excluding hydrogens is 328 g/mol. The van der Waals surface area contributed by atoms with Crippen molar-refractivity contribution < 1.29 is 4.79 Å². The predicted molar refractivity (Wildman–Crippen MR) is 107 cm³/mol. The molecule has 0 fully saturated rings. The van der Waals surface area contributed by atoms with E-state index < -0.39 is 0 Å². The van der Waals surface area contributed by atoms with Crippen LogP contribution >= 0.6 is 12.2 Å².